The van der Waals surface area contributed by atoms with E-state index in [1.165, 1.54) is 12.1 Å². The number of aliphatic hydroxyl groups is 1. The fourth-order valence-electron chi connectivity index (χ4n) is 2.05. The Morgan fingerprint density at radius 1 is 1.17 bits per heavy atom. The first-order valence-electron chi connectivity index (χ1n) is 5.88. The third kappa shape index (κ3) is 3.08. The fraction of sp³-hybridized carbons (Fsp3) is 0.500. The summed E-state index contributed by atoms with van der Waals surface area (Å²) in [5.74, 6) is -1.24. The molecule has 1 fully saturated rings. The van der Waals surface area contributed by atoms with Crippen LogP contribution in [0.4, 0.5) is 0 Å². The number of nitrogens with one attached hydrogen (secondary N) is 1. The molecule has 0 unspecified atom stereocenters. The van der Waals surface area contributed by atoms with E-state index in [1.54, 1.807) is 0 Å². The number of hydrogen-bond donors (Lipinski definition) is 3. The highest BCUT2D eigenvalue weighted by Gasteiger charge is 2.22. The SMILES string of the molecule is O=C(O)c1ccc(C(=O)NC2CCC(O)CC2)s1. The van der Waals surface area contributed by atoms with E-state index in [-0.39, 0.29) is 22.9 Å². The van der Waals surface area contributed by atoms with Gasteiger partial charge in [0.25, 0.3) is 5.91 Å². The van der Waals surface area contributed by atoms with Crippen molar-refractivity contribution >= 4 is 23.2 Å². The lowest BCUT2D eigenvalue weighted by Gasteiger charge is -2.25. The van der Waals surface area contributed by atoms with Gasteiger partial charge in [0.2, 0.25) is 0 Å². The Hall–Kier alpha value is -1.40. The Labute approximate surface area is 108 Å². The van der Waals surface area contributed by atoms with Crippen LogP contribution in [0.1, 0.15) is 45.0 Å². The molecule has 0 radical (unpaired) electrons. The molecule has 0 spiro atoms. The number of hydrogen-bond acceptors (Lipinski definition) is 4. The van der Waals surface area contributed by atoms with E-state index in [0.717, 1.165) is 24.2 Å². The quantitative estimate of drug-likeness (QED) is 0.775. The number of aliphatic hydroxyl groups excluding tert-OH is 1. The van der Waals surface area contributed by atoms with Crippen LogP contribution in [0.2, 0.25) is 0 Å². The lowest BCUT2D eigenvalue weighted by Crippen LogP contribution is -2.38. The molecule has 98 valence electrons. The van der Waals surface area contributed by atoms with Crippen molar-refractivity contribution in [2.75, 3.05) is 0 Å². The molecule has 1 saturated carbocycles. The van der Waals surface area contributed by atoms with Crippen LogP contribution in [0, 0.1) is 0 Å². The summed E-state index contributed by atoms with van der Waals surface area (Å²) in [5.41, 5.74) is 0. The molecule has 1 amide bonds. The first-order chi connectivity index (χ1) is 8.56. The van der Waals surface area contributed by atoms with Crippen LogP contribution in [0.5, 0.6) is 0 Å². The van der Waals surface area contributed by atoms with Crippen molar-refractivity contribution in [3.63, 3.8) is 0 Å². The van der Waals surface area contributed by atoms with Crippen molar-refractivity contribution in [2.45, 2.75) is 37.8 Å². The summed E-state index contributed by atoms with van der Waals surface area (Å²) in [5, 5.41) is 21.0. The Balaban J connectivity index is 1.93. The summed E-state index contributed by atoms with van der Waals surface area (Å²) in [7, 11) is 0. The molecule has 5 nitrogen and oxygen atoms in total. The molecule has 6 heteroatoms. The summed E-state index contributed by atoms with van der Waals surface area (Å²) < 4.78 is 0. The molecule has 1 aromatic rings. The van der Waals surface area contributed by atoms with Gasteiger partial charge in [-0.05, 0) is 37.8 Å². The van der Waals surface area contributed by atoms with Crippen LogP contribution in [-0.4, -0.2) is 34.2 Å². The average Bonchev–Trinajstić information content (AvgIpc) is 2.81. The van der Waals surface area contributed by atoms with Gasteiger partial charge in [0, 0.05) is 6.04 Å². The van der Waals surface area contributed by atoms with E-state index in [2.05, 4.69) is 5.32 Å². The van der Waals surface area contributed by atoms with Crippen molar-refractivity contribution in [1.29, 1.82) is 0 Å². The van der Waals surface area contributed by atoms with Crippen molar-refractivity contribution < 1.29 is 19.8 Å². The molecule has 1 heterocycles. The monoisotopic (exact) mass is 269 g/mol. The van der Waals surface area contributed by atoms with Crippen molar-refractivity contribution in [1.82, 2.24) is 5.32 Å². The third-order valence-electron chi connectivity index (χ3n) is 3.07. The lowest BCUT2D eigenvalue weighted by molar-refractivity contribution is 0.0702. The largest absolute Gasteiger partial charge is 0.477 e. The van der Waals surface area contributed by atoms with Crippen molar-refractivity contribution in [2.24, 2.45) is 0 Å². The first-order valence-corrected chi connectivity index (χ1v) is 6.70. The number of rotatable bonds is 3. The maximum atomic E-state index is 11.9. The molecular weight excluding hydrogens is 254 g/mol. The van der Waals surface area contributed by atoms with Crippen LogP contribution in [0.25, 0.3) is 0 Å². The second-order valence-electron chi connectivity index (χ2n) is 4.45. The van der Waals surface area contributed by atoms with E-state index < -0.39 is 5.97 Å². The predicted octanol–water partition coefficient (Wildman–Crippen LogP) is 1.48. The van der Waals surface area contributed by atoms with Gasteiger partial charge in [0.1, 0.15) is 4.88 Å². The highest BCUT2D eigenvalue weighted by atomic mass is 32.1. The van der Waals surface area contributed by atoms with Gasteiger partial charge in [0.15, 0.2) is 0 Å². The number of aromatic carboxylic acids is 1. The zero-order chi connectivity index (χ0) is 13.1. The van der Waals surface area contributed by atoms with Gasteiger partial charge in [0.05, 0.1) is 11.0 Å². The smallest absolute Gasteiger partial charge is 0.345 e. The topological polar surface area (TPSA) is 86.6 Å². The average molecular weight is 269 g/mol. The minimum Gasteiger partial charge on any atom is -0.477 e. The van der Waals surface area contributed by atoms with Crippen LogP contribution >= 0.6 is 11.3 Å². The van der Waals surface area contributed by atoms with Crippen LogP contribution in [-0.2, 0) is 0 Å². The standard InChI is InChI=1S/C12H15NO4S/c14-8-3-1-7(2-4-8)13-11(15)9-5-6-10(18-9)12(16)17/h5-8,14H,1-4H2,(H,13,15)(H,16,17). The molecule has 0 aliphatic heterocycles. The highest BCUT2D eigenvalue weighted by Crippen LogP contribution is 2.20. The van der Waals surface area contributed by atoms with Gasteiger partial charge in [-0.3, -0.25) is 4.79 Å². The molecule has 0 atom stereocenters. The number of carbonyl (C=O) groups excluding carboxylic acids is 1. The Morgan fingerprint density at radius 2 is 1.78 bits per heavy atom. The number of thiophene rings is 1. The maximum Gasteiger partial charge on any atom is 0.345 e. The van der Waals surface area contributed by atoms with Gasteiger partial charge in [-0.15, -0.1) is 11.3 Å². The Kier molecular flexibility index (Phi) is 3.98. The Bertz CT molecular complexity index is 449. The van der Waals surface area contributed by atoms with Crippen molar-refractivity contribution in [3.05, 3.63) is 21.9 Å². The van der Waals surface area contributed by atoms with Crippen molar-refractivity contribution in [3.8, 4) is 0 Å². The predicted molar refractivity (Wildman–Crippen MR) is 67.0 cm³/mol. The van der Waals surface area contributed by atoms with Gasteiger partial charge >= 0.3 is 5.97 Å². The van der Waals surface area contributed by atoms with Gasteiger partial charge in [-0.2, -0.15) is 0 Å². The molecule has 1 aliphatic rings. The summed E-state index contributed by atoms with van der Waals surface area (Å²) in [4.78, 5) is 23.2. The zero-order valence-electron chi connectivity index (χ0n) is 9.76. The van der Waals surface area contributed by atoms with Gasteiger partial charge in [-0.1, -0.05) is 0 Å². The lowest BCUT2D eigenvalue weighted by atomic mass is 9.93. The van der Waals surface area contributed by atoms with Crippen LogP contribution in [0.15, 0.2) is 12.1 Å². The number of carboxylic acids is 1. The zero-order valence-corrected chi connectivity index (χ0v) is 10.6. The van der Waals surface area contributed by atoms with E-state index in [0.29, 0.717) is 17.7 Å². The summed E-state index contributed by atoms with van der Waals surface area (Å²) in [6.07, 6.45) is 2.69. The van der Waals surface area contributed by atoms with E-state index in [1.807, 2.05) is 0 Å². The highest BCUT2D eigenvalue weighted by molar-refractivity contribution is 7.15. The molecule has 1 aliphatic carbocycles. The molecular formula is C12H15NO4S. The summed E-state index contributed by atoms with van der Waals surface area (Å²) in [6.45, 7) is 0. The minimum atomic E-state index is -1.01. The number of amides is 1. The molecule has 0 bridgehead atoms. The Morgan fingerprint density at radius 3 is 2.33 bits per heavy atom. The van der Waals surface area contributed by atoms with E-state index >= 15 is 0 Å². The van der Waals surface area contributed by atoms with Gasteiger partial charge in [-0.25, -0.2) is 4.79 Å². The molecule has 1 aromatic heterocycles. The fourth-order valence-corrected chi connectivity index (χ4v) is 2.80. The molecule has 2 rings (SSSR count). The normalized spacial score (nSPS) is 23.6. The molecule has 0 aromatic carbocycles. The second kappa shape index (κ2) is 5.49. The van der Waals surface area contributed by atoms with Crippen LogP contribution in [0.3, 0.4) is 0 Å². The molecule has 18 heavy (non-hydrogen) atoms. The summed E-state index contributed by atoms with van der Waals surface area (Å²) >= 11 is 0.977. The number of carboxylic acid groups (broad SMARTS) is 1. The summed E-state index contributed by atoms with van der Waals surface area (Å²) in [6, 6.07) is 3.05. The van der Waals surface area contributed by atoms with E-state index in [4.69, 9.17) is 5.11 Å². The second-order valence-corrected chi connectivity index (χ2v) is 5.53. The van der Waals surface area contributed by atoms with Gasteiger partial charge < -0.3 is 15.5 Å². The maximum absolute atomic E-state index is 11.9. The first kappa shape index (κ1) is 13.0. The van der Waals surface area contributed by atoms with E-state index in [9.17, 15) is 14.7 Å². The molecule has 0 saturated heterocycles. The number of carbonyl (C=O) groups is 2. The third-order valence-corrected chi connectivity index (χ3v) is 4.14. The molecule has 3 N–H and O–H groups in total. The minimum absolute atomic E-state index is 0.0799. The van der Waals surface area contributed by atoms with Crippen LogP contribution < -0.4 is 5.32 Å².